The maximum Gasteiger partial charge on any atom is 0.0579 e. The highest BCUT2D eigenvalue weighted by atomic mass is 79.9. The Bertz CT molecular complexity index is 625. The number of halogens is 2. The van der Waals surface area contributed by atoms with Gasteiger partial charge in [0, 0.05) is 4.47 Å². The van der Waals surface area contributed by atoms with Gasteiger partial charge in [0.1, 0.15) is 0 Å². The van der Waals surface area contributed by atoms with E-state index in [1.165, 1.54) is 22.3 Å². The Labute approximate surface area is 140 Å². The van der Waals surface area contributed by atoms with Crippen molar-refractivity contribution in [2.24, 2.45) is 0 Å². The largest absolute Gasteiger partial charge is 0.306 e. The lowest BCUT2D eigenvalue weighted by Gasteiger charge is -2.22. The highest BCUT2D eigenvalue weighted by molar-refractivity contribution is 9.10. The van der Waals surface area contributed by atoms with Crippen LogP contribution in [0, 0.1) is 13.8 Å². The molecule has 0 aliphatic carbocycles. The molecule has 2 aromatic carbocycles. The second-order valence-corrected chi connectivity index (χ2v) is 6.68. The van der Waals surface area contributed by atoms with E-state index in [4.69, 9.17) is 11.6 Å². The monoisotopic (exact) mass is 365 g/mol. The Kier molecular flexibility index (Phi) is 5.86. The SMILES string of the molecule is CCCNC(c1ccc(Br)c(Cl)c1)c1cc(C)ccc1C. The van der Waals surface area contributed by atoms with Crippen molar-refractivity contribution >= 4 is 27.5 Å². The minimum Gasteiger partial charge on any atom is -0.306 e. The van der Waals surface area contributed by atoms with Gasteiger partial charge in [0.25, 0.3) is 0 Å². The topological polar surface area (TPSA) is 12.0 Å². The molecule has 0 saturated heterocycles. The van der Waals surface area contributed by atoms with E-state index >= 15 is 0 Å². The number of nitrogens with one attached hydrogen (secondary N) is 1. The molecular weight excluding hydrogens is 346 g/mol. The van der Waals surface area contributed by atoms with E-state index in [-0.39, 0.29) is 6.04 Å². The molecule has 21 heavy (non-hydrogen) atoms. The van der Waals surface area contributed by atoms with Gasteiger partial charge in [-0.15, -0.1) is 0 Å². The van der Waals surface area contributed by atoms with Crippen molar-refractivity contribution in [2.45, 2.75) is 33.2 Å². The Morgan fingerprint density at radius 2 is 1.90 bits per heavy atom. The molecule has 0 aromatic heterocycles. The Hall–Kier alpha value is -0.830. The third-order valence-electron chi connectivity index (χ3n) is 3.62. The molecule has 0 radical (unpaired) electrons. The molecule has 0 bridgehead atoms. The molecule has 0 fully saturated rings. The summed E-state index contributed by atoms with van der Waals surface area (Å²) in [6.07, 6.45) is 1.10. The van der Waals surface area contributed by atoms with Crippen molar-refractivity contribution in [1.82, 2.24) is 5.32 Å². The Morgan fingerprint density at radius 1 is 1.14 bits per heavy atom. The molecule has 3 heteroatoms. The zero-order valence-electron chi connectivity index (χ0n) is 12.7. The summed E-state index contributed by atoms with van der Waals surface area (Å²) < 4.78 is 0.933. The first-order chi connectivity index (χ1) is 10.0. The van der Waals surface area contributed by atoms with E-state index in [0.717, 1.165) is 22.5 Å². The summed E-state index contributed by atoms with van der Waals surface area (Å²) in [6, 6.07) is 13.0. The van der Waals surface area contributed by atoms with Crippen LogP contribution in [0.4, 0.5) is 0 Å². The van der Waals surface area contributed by atoms with Gasteiger partial charge in [-0.3, -0.25) is 0 Å². The maximum absolute atomic E-state index is 6.28. The first-order valence-corrected chi connectivity index (χ1v) is 8.45. The third-order valence-corrected chi connectivity index (χ3v) is 4.85. The summed E-state index contributed by atoms with van der Waals surface area (Å²) in [5.74, 6) is 0. The van der Waals surface area contributed by atoms with Gasteiger partial charge in [0.2, 0.25) is 0 Å². The molecule has 0 heterocycles. The first-order valence-electron chi connectivity index (χ1n) is 7.28. The fraction of sp³-hybridized carbons (Fsp3) is 0.333. The summed E-state index contributed by atoms with van der Waals surface area (Å²) in [5, 5.41) is 4.39. The molecule has 0 spiro atoms. The van der Waals surface area contributed by atoms with E-state index in [0.29, 0.717) is 0 Å². The summed E-state index contributed by atoms with van der Waals surface area (Å²) in [5.41, 5.74) is 5.10. The maximum atomic E-state index is 6.28. The summed E-state index contributed by atoms with van der Waals surface area (Å²) in [6.45, 7) is 7.46. The average molecular weight is 367 g/mol. The number of hydrogen-bond donors (Lipinski definition) is 1. The van der Waals surface area contributed by atoms with Gasteiger partial charge in [0.15, 0.2) is 0 Å². The molecule has 1 nitrogen and oxygen atoms in total. The lowest BCUT2D eigenvalue weighted by atomic mass is 9.93. The fourth-order valence-corrected chi connectivity index (χ4v) is 2.89. The molecule has 2 aromatic rings. The van der Waals surface area contributed by atoms with E-state index in [2.05, 4.69) is 66.3 Å². The van der Waals surface area contributed by atoms with E-state index < -0.39 is 0 Å². The molecule has 1 atom stereocenters. The van der Waals surface area contributed by atoms with Gasteiger partial charge >= 0.3 is 0 Å². The predicted octanol–water partition coefficient (Wildman–Crippen LogP) is 5.81. The van der Waals surface area contributed by atoms with E-state index in [1.807, 2.05) is 12.1 Å². The van der Waals surface area contributed by atoms with Crippen LogP contribution in [0.15, 0.2) is 40.9 Å². The molecule has 1 N–H and O–H groups in total. The third kappa shape index (κ3) is 4.09. The van der Waals surface area contributed by atoms with Crippen LogP contribution in [0.3, 0.4) is 0 Å². The molecule has 0 aliphatic heterocycles. The molecule has 0 saturated carbocycles. The fourth-order valence-electron chi connectivity index (χ4n) is 2.46. The van der Waals surface area contributed by atoms with Crippen molar-refractivity contribution in [2.75, 3.05) is 6.54 Å². The van der Waals surface area contributed by atoms with Crippen LogP contribution in [0.25, 0.3) is 0 Å². The lowest BCUT2D eigenvalue weighted by molar-refractivity contribution is 0.596. The second-order valence-electron chi connectivity index (χ2n) is 5.42. The van der Waals surface area contributed by atoms with Gasteiger partial charge in [-0.1, -0.05) is 48.4 Å². The van der Waals surface area contributed by atoms with E-state index in [1.54, 1.807) is 0 Å². The zero-order chi connectivity index (χ0) is 15.4. The Morgan fingerprint density at radius 3 is 2.57 bits per heavy atom. The number of benzene rings is 2. The minimum absolute atomic E-state index is 0.176. The van der Waals surface area contributed by atoms with Crippen LogP contribution in [0.5, 0.6) is 0 Å². The van der Waals surface area contributed by atoms with Crippen LogP contribution in [0.2, 0.25) is 5.02 Å². The van der Waals surface area contributed by atoms with E-state index in [9.17, 15) is 0 Å². The molecule has 1 unspecified atom stereocenters. The molecule has 112 valence electrons. The minimum atomic E-state index is 0.176. The highest BCUT2D eigenvalue weighted by Gasteiger charge is 2.16. The van der Waals surface area contributed by atoms with Crippen LogP contribution < -0.4 is 5.32 Å². The standard InChI is InChI=1S/C18H21BrClN/c1-4-9-21-18(14-7-8-16(19)17(20)11-14)15-10-12(2)5-6-13(15)3/h5-8,10-11,18,21H,4,9H2,1-3H3. The summed E-state index contributed by atoms with van der Waals surface area (Å²) in [7, 11) is 0. The quantitative estimate of drug-likeness (QED) is 0.704. The number of aryl methyl sites for hydroxylation is 2. The van der Waals surface area contributed by atoms with Gasteiger partial charge in [-0.25, -0.2) is 0 Å². The second kappa shape index (κ2) is 7.44. The zero-order valence-corrected chi connectivity index (χ0v) is 15.1. The number of rotatable bonds is 5. The van der Waals surface area contributed by atoms with Crippen LogP contribution >= 0.6 is 27.5 Å². The normalized spacial score (nSPS) is 12.4. The first kappa shape index (κ1) is 16.5. The van der Waals surface area contributed by atoms with Crippen LogP contribution in [-0.4, -0.2) is 6.54 Å². The van der Waals surface area contributed by atoms with Gasteiger partial charge < -0.3 is 5.32 Å². The van der Waals surface area contributed by atoms with Crippen molar-refractivity contribution in [3.8, 4) is 0 Å². The highest BCUT2D eigenvalue weighted by Crippen LogP contribution is 2.31. The average Bonchev–Trinajstić information content (AvgIpc) is 2.46. The van der Waals surface area contributed by atoms with Gasteiger partial charge in [-0.2, -0.15) is 0 Å². The number of hydrogen-bond acceptors (Lipinski definition) is 1. The summed E-state index contributed by atoms with van der Waals surface area (Å²) >= 11 is 9.74. The predicted molar refractivity (Wildman–Crippen MR) is 95.2 cm³/mol. The lowest BCUT2D eigenvalue weighted by Crippen LogP contribution is -2.24. The van der Waals surface area contributed by atoms with Crippen molar-refractivity contribution < 1.29 is 0 Å². The summed E-state index contributed by atoms with van der Waals surface area (Å²) in [4.78, 5) is 0. The van der Waals surface area contributed by atoms with Crippen molar-refractivity contribution in [3.63, 3.8) is 0 Å². The Balaban J connectivity index is 2.46. The molecular formula is C18H21BrClN. The van der Waals surface area contributed by atoms with Crippen molar-refractivity contribution in [3.05, 3.63) is 68.1 Å². The van der Waals surface area contributed by atoms with Crippen molar-refractivity contribution in [1.29, 1.82) is 0 Å². The molecule has 0 aliphatic rings. The van der Waals surface area contributed by atoms with Gasteiger partial charge in [-0.05, 0) is 71.6 Å². The van der Waals surface area contributed by atoms with Gasteiger partial charge in [0.05, 0.1) is 11.1 Å². The molecule has 0 amide bonds. The molecule has 2 rings (SSSR count). The van der Waals surface area contributed by atoms with Crippen LogP contribution in [-0.2, 0) is 0 Å². The smallest absolute Gasteiger partial charge is 0.0579 e. The van der Waals surface area contributed by atoms with Crippen LogP contribution in [0.1, 0.15) is 41.6 Å².